The Labute approximate surface area is 412 Å². The quantitative estimate of drug-likeness (QED) is 0.00929. The number of hydrogen-bond donors (Lipinski definition) is 0. The lowest BCUT2D eigenvalue weighted by Crippen LogP contribution is -2.65. The molecule has 1 unspecified atom stereocenters. The largest absolute Gasteiger partial charge is 0.864 e. The summed E-state index contributed by atoms with van der Waals surface area (Å²) < 4.78 is 194. The first-order valence-electron chi connectivity index (χ1n) is 24.9. The SMILES string of the molecule is CCCCCCCC[N+](CCCCCCCC)(CCCCCCCC)C(CC)(OCC)c1c(OB(Oc2cc(F)c(F)c(F)c2)Oc2cc(F)c(F)c(F)c2)cc(F)c(F)c1F.Fc1c[c-]cc(F)c1F. The normalized spacial score (nSPS) is 12.4. The van der Waals surface area contributed by atoms with Crippen molar-refractivity contribution < 1.29 is 75.9 Å². The van der Waals surface area contributed by atoms with Crippen LogP contribution in [0.25, 0.3) is 0 Å². The number of ether oxygens (including phenoxy) is 1. The summed E-state index contributed by atoms with van der Waals surface area (Å²) in [6.07, 6.45) is 17.2. The molecule has 0 fully saturated rings. The predicted octanol–water partition coefficient (Wildman–Crippen LogP) is 16.9. The highest BCUT2D eigenvalue weighted by Gasteiger charge is 2.56. The lowest BCUT2D eigenvalue weighted by molar-refractivity contribution is -1.01. The molecule has 4 aromatic rings. The Morgan fingerprint density at radius 2 is 0.775 bits per heavy atom. The Kier molecular flexibility index (Phi) is 26.6. The minimum Gasteiger partial charge on any atom is -0.489 e. The zero-order chi connectivity index (χ0) is 52.6. The van der Waals surface area contributed by atoms with Gasteiger partial charge in [0.15, 0.2) is 52.4 Å². The lowest BCUT2D eigenvalue weighted by atomic mass is 9.89. The summed E-state index contributed by atoms with van der Waals surface area (Å²) in [7, 11) is -2.40. The molecule has 4 aromatic carbocycles. The fraction of sp³-hybridized carbons (Fsp3) is 0.547. The summed E-state index contributed by atoms with van der Waals surface area (Å²) in [6, 6.07) is 5.76. The highest BCUT2D eigenvalue weighted by molar-refractivity contribution is 6.39. The first-order valence-corrected chi connectivity index (χ1v) is 24.9. The summed E-state index contributed by atoms with van der Waals surface area (Å²) in [6.45, 7) is 11.3. The van der Waals surface area contributed by atoms with Gasteiger partial charge in [0.1, 0.15) is 22.8 Å². The molecule has 0 radical (unpaired) electrons. The second kappa shape index (κ2) is 31.1. The molecular formula is C53H68BF12NO4. The van der Waals surface area contributed by atoms with Gasteiger partial charge >= 0.3 is 7.32 Å². The molecule has 1 atom stereocenters. The van der Waals surface area contributed by atoms with Crippen molar-refractivity contribution in [3.63, 3.8) is 0 Å². The molecule has 0 N–H and O–H groups in total. The molecule has 5 nitrogen and oxygen atoms in total. The van der Waals surface area contributed by atoms with Gasteiger partial charge in [0.05, 0.1) is 32.1 Å². The molecule has 18 heteroatoms. The van der Waals surface area contributed by atoms with Crippen molar-refractivity contribution in [2.24, 2.45) is 0 Å². The van der Waals surface area contributed by atoms with Crippen LogP contribution in [0.1, 0.15) is 162 Å². The van der Waals surface area contributed by atoms with Crippen LogP contribution < -0.4 is 14.0 Å². The molecule has 396 valence electrons. The van der Waals surface area contributed by atoms with Crippen LogP contribution >= 0.6 is 0 Å². The van der Waals surface area contributed by atoms with Crippen molar-refractivity contribution in [1.82, 2.24) is 0 Å². The van der Waals surface area contributed by atoms with Crippen LogP contribution in [0.3, 0.4) is 0 Å². The second-order valence-electron chi connectivity index (χ2n) is 17.6. The van der Waals surface area contributed by atoms with Crippen LogP contribution in [0.4, 0.5) is 52.7 Å². The van der Waals surface area contributed by atoms with Crippen LogP contribution in [-0.4, -0.2) is 38.0 Å². The number of quaternary nitrogens is 1. The van der Waals surface area contributed by atoms with E-state index in [-0.39, 0.29) is 17.5 Å². The number of rotatable bonds is 32. The Hall–Kier alpha value is -4.58. The van der Waals surface area contributed by atoms with E-state index in [4.69, 9.17) is 18.7 Å². The van der Waals surface area contributed by atoms with E-state index in [0.717, 1.165) is 108 Å². The number of unbranched alkanes of at least 4 members (excludes halogenated alkanes) is 15. The summed E-state index contributed by atoms with van der Waals surface area (Å²) in [5.41, 5.74) is -2.26. The van der Waals surface area contributed by atoms with E-state index in [1.54, 1.807) is 13.8 Å². The van der Waals surface area contributed by atoms with Gasteiger partial charge in [0.2, 0.25) is 5.72 Å². The highest BCUT2D eigenvalue weighted by atomic mass is 19.2. The molecule has 0 saturated carbocycles. The molecule has 0 aliphatic rings. The van der Waals surface area contributed by atoms with Gasteiger partial charge in [-0.15, -0.1) is 12.1 Å². The molecule has 0 aliphatic heterocycles. The average Bonchev–Trinajstić information content (AvgIpc) is 3.33. The Bertz CT molecular complexity index is 2060. The molecule has 0 bridgehead atoms. The maximum absolute atomic E-state index is 17.1. The standard InChI is InChI=1S/C47H66BF9NO4.C6H2F3/c1-6-11-14-17-20-23-26-58(27-24-21-18-15-12-7-2,28-25-22-19-16-13-8-3)47(9-4,59-10-5)42-41(33-40(53)45(56)46(42)57)62-48(60-34-29-36(49)43(54)37(50)30-34)61-35-31-38(51)44(55)39(52)32-35;7-4-2-1-3-5(8)6(4)9/h29-33H,6-28H2,1-5H3;2-3H/q+1;-1. The van der Waals surface area contributed by atoms with E-state index in [2.05, 4.69) is 26.8 Å². The minimum absolute atomic E-state index is 0.00785. The van der Waals surface area contributed by atoms with Crippen LogP contribution in [0.15, 0.2) is 42.5 Å². The third-order valence-electron chi connectivity index (χ3n) is 12.4. The van der Waals surface area contributed by atoms with E-state index in [0.29, 0.717) is 69.2 Å². The zero-order valence-electron chi connectivity index (χ0n) is 41.5. The van der Waals surface area contributed by atoms with Crippen molar-refractivity contribution >= 4 is 7.32 Å². The van der Waals surface area contributed by atoms with Crippen molar-refractivity contribution in [2.45, 2.75) is 162 Å². The summed E-state index contributed by atoms with van der Waals surface area (Å²) in [5, 5.41) is 0. The van der Waals surface area contributed by atoms with E-state index in [1.807, 2.05) is 0 Å². The van der Waals surface area contributed by atoms with Gasteiger partial charge < -0.3 is 18.7 Å². The second-order valence-corrected chi connectivity index (χ2v) is 17.6. The predicted molar refractivity (Wildman–Crippen MR) is 250 cm³/mol. The van der Waals surface area contributed by atoms with Crippen molar-refractivity contribution in [3.8, 4) is 17.2 Å². The highest BCUT2D eigenvalue weighted by Crippen LogP contribution is 2.48. The fourth-order valence-electron chi connectivity index (χ4n) is 8.82. The molecule has 0 heterocycles. The van der Waals surface area contributed by atoms with Crippen molar-refractivity contribution in [1.29, 1.82) is 0 Å². The van der Waals surface area contributed by atoms with Crippen molar-refractivity contribution in [3.05, 3.63) is 124 Å². The Balaban J connectivity index is 0.00000132. The average molecular weight is 1020 g/mol. The maximum Gasteiger partial charge on any atom is 0.864 e. The molecule has 4 rings (SSSR count). The summed E-state index contributed by atoms with van der Waals surface area (Å²) in [4.78, 5) is 0. The van der Waals surface area contributed by atoms with Gasteiger partial charge in [0, 0.05) is 48.4 Å². The third kappa shape index (κ3) is 17.6. The molecule has 0 saturated heterocycles. The fourth-order valence-corrected chi connectivity index (χ4v) is 8.82. The minimum atomic E-state index is -2.40. The first kappa shape index (κ1) is 60.7. The first-order chi connectivity index (χ1) is 34.0. The molecule has 0 spiro atoms. The Morgan fingerprint density at radius 1 is 0.423 bits per heavy atom. The third-order valence-corrected chi connectivity index (χ3v) is 12.4. The number of hydrogen-bond acceptors (Lipinski definition) is 4. The summed E-state index contributed by atoms with van der Waals surface area (Å²) >= 11 is 0. The summed E-state index contributed by atoms with van der Waals surface area (Å²) in [5.74, 6) is -21.7. The van der Waals surface area contributed by atoms with Crippen LogP contribution in [-0.2, 0) is 10.5 Å². The van der Waals surface area contributed by atoms with Gasteiger partial charge in [-0.05, 0) is 45.4 Å². The topological polar surface area (TPSA) is 36.9 Å². The number of nitrogens with zero attached hydrogens (tertiary/aromatic N) is 1. The molecule has 0 aromatic heterocycles. The van der Waals surface area contributed by atoms with Gasteiger partial charge in [0.25, 0.3) is 0 Å². The number of halogens is 12. The van der Waals surface area contributed by atoms with Gasteiger partial charge in [-0.1, -0.05) is 105 Å². The zero-order valence-corrected chi connectivity index (χ0v) is 41.5. The smallest absolute Gasteiger partial charge is 0.489 e. The van der Waals surface area contributed by atoms with Gasteiger partial charge in [-0.25, -0.2) is 43.9 Å². The van der Waals surface area contributed by atoms with E-state index in [1.165, 1.54) is 0 Å². The maximum atomic E-state index is 17.1. The van der Waals surface area contributed by atoms with Gasteiger partial charge in [-0.3, -0.25) is 13.3 Å². The van der Waals surface area contributed by atoms with E-state index >= 15 is 13.2 Å². The lowest BCUT2D eigenvalue weighted by Gasteiger charge is -2.53. The van der Waals surface area contributed by atoms with Crippen molar-refractivity contribution in [2.75, 3.05) is 26.2 Å². The van der Waals surface area contributed by atoms with Crippen LogP contribution in [0.2, 0.25) is 0 Å². The van der Waals surface area contributed by atoms with Crippen LogP contribution in [0.5, 0.6) is 17.2 Å². The Morgan fingerprint density at radius 3 is 1.13 bits per heavy atom. The molecule has 0 aliphatic carbocycles. The molecule has 0 amide bonds. The monoisotopic (exact) mass is 1020 g/mol. The van der Waals surface area contributed by atoms with E-state index in [9.17, 15) is 39.5 Å². The number of benzene rings is 4. The van der Waals surface area contributed by atoms with E-state index < -0.39 is 106 Å². The van der Waals surface area contributed by atoms with Gasteiger partial charge in [-0.2, -0.15) is 6.07 Å². The molecule has 71 heavy (non-hydrogen) atoms. The van der Waals surface area contributed by atoms with Crippen LogP contribution in [0, 0.1) is 75.9 Å². The molecular weight excluding hydrogens is 953 g/mol.